The molecule has 42 heavy (non-hydrogen) atoms. The molecule has 0 unspecified atom stereocenters. The number of ether oxygens (including phenoxy) is 3. The molecule has 1 N–H and O–H groups in total. The molecular weight excluding hydrogens is 610 g/mol. The van der Waals surface area contributed by atoms with Gasteiger partial charge in [0.05, 0.1) is 24.7 Å². The molecule has 1 aliphatic heterocycles. The van der Waals surface area contributed by atoms with Crippen molar-refractivity contribution in [2.24, 2.45) is 0 Å². The minimum absolute atomic E-state index is 0.0383. The van der Waals surface area contributed by atoms with Gasteiger partial charge in [-0.15, -0.1) is 0 Å². The molecule has 0 saturated carbocycles. The molecule has 0 radical (unpaired) electrons. The van der Waals surface area contributed by atoms with E-state index in [-0.39, 0.29) is 24.4 Å². The lowest BCUT2D eigenvalue weighted by Gasteiger charge is -2.27. The smallest absolute Gasteiger partial charge is 0.331 e. The summed E-state index contributed by atoms with van der Waals surface area (Å²) < 4.78 is 18.0. The Hall–Kier alpha value is -4.71. The second-order valence-electron chi connectivity index (χ2n) is 9.17. The van der Waals surface area contributed by atoms with Crippen LogP contribution in [0.2, 0.25) is 0 Å². The molecule has 3 aromatic carbocycles. The van der Waals surface area contributed by atoms with Gasteiger partial charge in [-0.25, -0.2) is 4.79 Å². The lowest BCUT2D eigenvalue weighted by Crippen LogP contribution is -2.53. The fourth-order valence-electron chi connectivity index (χ4n) is 4.06. The first-order valence-corrected chi connectivity index (χ1v) is 13.9. The molecule has 4 rings (SSSR count). The molecule has 12 heteroatoms. The number of carbonyl (C=O) groups excluding carboxylic acids is 3. The predicted molar refractivity (Wildman–Crippen MR) is 157 cm³/mol. The molecule has 1 saturated heterocycles. The van der Waals surface area contributed by atoms with Crippen LogP contribution in [0.3, 0.4) is 0 Å². The number of urea groups is 1. The highest BCUT2D eigenvalue weighted by Gasteiger charge is 2.36. The number of nitrogens with zero attached hydrogens (tertiary/aromatic N) is 2. The number of hydrogen-bond acceptors (Lipinski definition) is 8. The molecule has 0 atom stereocenters. The Morgan fingerprint density at radius 1 is 0.905 bits per heavy atom. The Labute approximate surface area is 250 Å². The van der Waals surface area contributed by atoms with Crippen LogP contribution in [0.1, 0.15) is 37.0 Å². The Balaban J connectivity index is 1.57. The average molecular weight is 638 g/mol. The molecule has 0 aromatic heterocycles. The van der Waals surface area contributed by atoms with Crippen LogP contribution in [0.4, 0.5) is 10.5 Å². The standard InChI is InChI=1S/C30H28BrN3O8/c1-3-13-41-26-11-7-20(14-27(26)40-4-2)17-33-29(36)24(28(35)32-30(33)37)16-21-15-22(31)8-12-25(21)42-18-19-5-9-23(10-6-19)34(38)39/h5-12,14-16H,3-4,13,17-18H2,1-2H3,(H,32,35,37)/b24-16+. The van der Waals surface area contributed by atoms with Crippen LogP contribution < -0.4 is 19.5 Å². The molecule has 0 aliphatic carbocycles. The van der Waals surface area contributed by atoms with Crippen molar-refractivity contribution in [3.8, 4) is 17.2 Å². The third-order valence-electron chi connectivity index (χ3n) is 6.11. The van der Waals surface area contributed by atoms with E-state index in [4.69, 9.17) is 14.2 Å². The van der Waals surface area contributed by atoms with E-state index in [9.17, 15) is 24.5 Å². The van der Waals surface area contributed by atoms with E-state index >= 15 is 0 Å². The zero-order valence-corrected chi connectivity index (χ0v) is 24.5. The van der Waals surface area contributed by atoms with Crippen molar-refractivity contribution in [3.63, 3.8) is 0 Å². The Bertz CT molecular complexity index is 1540. The number of amides is 4. The number of hydrogen-bond donors (Lipinski definition) is 1. The fourth-order valence-corrected chi connectivity index (χ4v) is 4.44. The summed E-state index contributed by atoms with van der Waals surface area (Å²) in [5.74, 6) is -0.194. The summed E-state index contributed by atoms with van der Waals surface area (Å²) in [5, 5.41) is 13.1. The molecule has 11 nitrogen and oxygen atoms in total. The van der Waals surface area contributed by atoms with Gasteiger partial charge in [0, 0.05) is 22.2 Å². The van der Waals surface area contributed by atoms with Gasteiger partial charge in [-0.2, -0.15) is 0 Å². The monoisotopic (exact) mass is 637 g/mol. The molecule has 1 heterocycles. The maximum absolute atomic E-state index is 13.4. The fraction of sp³-hybridized carbons (Fsp3) is 0.233. The number of imide groups is 2. The van der Waals surface area contributed by atoms with Gasteiger partial charge < -0.3 is 14.2 Å². The van der Waals surface area contributed by atoms with E-state index < -0.39 is 22.8 Å². The number of halogens is 1. The SMILES string of the molecule is CCCOc1ccc(CN2C(=O)NC(=O)/C(=C\c3cc(Br)ccc3OCc3ccc([N+](=O)[O-])cc3)C2=O)cc1OCC. The maximum atomic E-state index is 13.4. The molecule has 1 aliphatic rings. The lowest BCUT2D eigenvalue weighted by molar-refractivity contribution is -0.384. The van der Waals surface area contributed by atoms with Crippen LogP contribution in [0, 0.1) is 10.1 Å². The third-order valence-corrected chi connectivity index (χ3v) is 6.60. The van der Waals surface area contributed by atoms with Crippen LogP contribution in [0.25, 0.3) is 6.08 Å². The zero-order valence-electron chi connectivity index (χ0n) is 22.9. The number of nitro groups is 1. The summed E-state index contributed by atoms with van der Waals surface area (Å²) in [6.07, 6.45) is 2.18. The third kappa shape index (κ3) is 7.32. The number of nitro benzene ring substituents is 1. The van der Waals surface area contributed by atoms with Gasteiger partial charge >= 0.3 is 6.03 Å². The average Bonchev–Trinajstić information content (AvgIpc) is 2.97. The summed E-state index contributed by atoms with van der Waals surface area (Å²) in [6, 6.07) is 15.3. The molecule has 0 bridgehead atoms. The van der Waals surface area contributed by atoms with Crippen molar-refractivity contribution in [1.29, 1.82) is 0 Å². The quantitative estimate of drug-likeness (QED) is 0.114. The van der Waals surface area contributed by atoms with Crippen molar-refractivity contribution in [1.82, 2.24) is 10.2 Å². The number of nitrogens with one attached hydrogen (secondary N) is 1. The largest absolute Gasteiger partial charge is 0.490 e. The first kappa shape index (κ1) is 30.3. The molecular formula is C30H28BrN3O8. The van der Waals surface area contributed by atoms with Crippen molar-refractivity contribution in [2.75, 3.05) is 13.2 Å². The van der Waals surface area contributed by atoms with Gasteiger partial charge in [0.15, 0.2) is 11.5 Å². The van der Waals surface area contributed by atoms with Crippen LogP contribution in [-0.2, 0) is 22.7 Å². The first-order valence-electron chi connectivity index (χ1n) is 13.1. The number of non-ortho nitro benzene ring substituents is 1. The number of benzene rings is 3. The van der Waals surface area contributed by atoms with E-state index in [0.29, 0.717) is 51.6 Å². The Kier molecular flexibility index (Phi) is 9.92. The van der Waals surface area contributed by atoms with Crippen LogP contribution >= 0.6 is 15.9 Å². The Morgan fingerprint density at radius 2 is 1.62 bits per heavy atom. The van der Waals surface area contributed by atoms with Crippen LogP contribution in [0.5, 0.6) is 17.2 Å². The highest BCUT2D eigenvalue weighted by atomic mass is 79.9. The zero-order chi connectivity index (χ0) is 30.2. The number of barbiturate groups is 1. The highest BCUT2D eigenvalue weighted by Crippen LogP contribution is 2.31. The van der Waals surface area contributed by atoms with Crippen molar-refractivity contribution < 1.29 is 33.5 Å². The summed E-state index contributed by atoms with van der Waals surface area (Å²) in [5.41, 5.74) is 1.41. The second kappa shape index (κ2) is 13.8. The number of carbonyl (C=O) groups is 3. The molecule has 0 spiro atoms. The van der Waals surface area contributed by atoms with Gasteiger partial charge in [0.2, 0.25) is 0 Å². The minimum atomic E-state index is -0.838. The summed E-state index contributed by atoms with van der Waals surface area (Å²) in [7, 11) is 0. The van der Waals surface area contributed by atoms with Gasteiger partial charge in [0.1, 0.15) is 17.9 Å². The summed E-state index contributed by atoms with van der Waals surface area (Å²) in [4.78, 5) is 50.3. The maximum Gasteiger partial charge on any atom is 0.331 e. The van der Waals surface area contributed by atoms with E-state index in [2.05, 4.69) is 21.2 Å². The van der Waals surface area contributed by atoms with Gasteiger partial charge in [-0.3, -0.25) is 29.9 Å². The molecule has 218 valence electrons. The Morgan fingerprint density at radius 3 is 2.31 bits per heavy atom. The van der Waals surface area contributed by atoms with E-state index in [1.807, 2.05) is 13.8 Å². The molecule has 3 aromatic rings. The highest BCUT2D eigenvalue weighted by molar-refractivity contribution is 9.10. The van der Waals surface area contributed by atoms with Gasteiger partial charge in [-0.05, 0) is 73.0 Å². The predicted octanol–water partition coefficient (Wildman–Crippen LogP) is 5.79. The second-order valence-corrected chi connectivity index (χ2v) is 10.1. The molecule has 4 amide bonds. The van der Waals surface area contributed by atoms with Crippen molar-refractivity contribution in [3.05, 3.63) is 97.5 Å². The van der Waals surface area contributed by atoms with Crippen LogP contribution in [0.15, 0.2) is 70.7 Å². The summed E-state index contributed by atoms with van der Waals surface area (Å²) >= 11 is 3.39. The minimum Gasteiger partial charge on any atom is -0.490 e. The first-order chi connectivity index (χ1) is 20.2. The van der Waals surface area contributed by atoms with Gasteiger partial charge in [0.25, 0.3) is 17.5 Å². The van der Waals surface area contributed by atoms with Gasteiger partial charge in [-0.1, -0.05) is 28.9 Å². The summed E-state index contributed by atoms with van der Waals surface area (Å²) in [6.45, 7) is 4.72. The van der Waals surface area contributed by atoms with E-state index in [1.54, 1.807) is 48.5 Å². The van der Waals surface area contributed by atoms with Crippen molar-refractivity contribution >= 4 is 45.5 Å². The molecule has 1 fully saturated rings. The lowest BCUT2D eigenvalue weighted by atomic mass is 10.1. The number of rotatable bonds is 12. The van der Waals surface area contributed by atoms with E-state index in [1.165, 1.54) is 18.2 Å². The van der Waals surface area contributed by atoms with Crippen LogP contribution in [-0.4, -0.2) is 40.9 Å². The normalized spacial score (nSPS) is 14.1. The van der Waals surface area contributed by atoms with Crippen molar-refractivity contribution in [2.45, 2.75) is 33.4 Å². The van der Waals surface area contributed by atoms with E-state index in [0.717, 1.165) is 11.3 Å². The topological polar surface area (TPSA) is 137 Å².